The Balaban J connectivity index is 1.70. The van der Waals surface area contributed by atoms with Crippen LogP contribution in [0, 0.1) is 10.1 Å². The molecule has 1 aromatic heterocycles. The van der Waals surface area contributed by atoms with Crippen molar-refractivity contribution in [3.05, 3.63) is 34.1 Å². The second kappa shape index (κ2) is 5.58. The maximum Gasteiger partial charge on any atom is 0.271 e. The molecular formula is C14H18N4O2. The molecule has 0 aliphatic carbocycles. The monoisotopic (exact) mass is 274 g/mol. The number of nitrogens with zero attached hydrogens (tertiary/aromatic N) is 3. The van der Waals surface area contributed by atoms with Crippen LogP contribution in [0.3, 0.4) is 0 Å². The van der Waals surface area contributed by atoms with Crippen molar-refractivity contribution in [2.24, 2.45) is 0 Å². The van der Waals surface area contributed by atoms with Crippen LogP contribution in [0.2, 0.25) is 0 Å². The molecule has 1 fully saturated rings. The molecule has 0 bridgehead atoms. The molecule has 1 N–H and O–H groups in total. The summed E-state index contributed by atoms with van der Waals surface area (Å²) >= 11 is 0. The Morgan fingerprint density at radius 1 is 1.30 bits per heavy atom. The third-order valence-corrected chi connectivity index (χ3v) is 3.84. The summed E-state index contributed by atoms with van der Waals surface area (Å²) in [6.45, 7) is 3.35. The molecule has 0 amide bonds. The summed E-state index contributed by atoms with van der Waals surface area (Å²) in [4.78, 5) is 20.5. The number of nitrogens with one attached hydrogen (secondary N) is 1. The van der Waals surface area contributed by atoms with Gasteiger partial charge in [-0.15, -0.1) is 0 Å². The molecule has 20 heavy (non-hydrogen) atoms. The van der Waals surface area contributed by atoms with E-state index >= 15 is 0 Å². The van der Waals surface area contributed by atoms with Crippen LogP contribution in [-0.2, 0) is 6.42 Å². The van der Waals surface area contributed by atoms with Crippen molar-refractivity contribution in [1.29, 1.82) is 0 Å². The maximum absolute atomic E-state index is 10.7. The fraction of sp³-hybridized carbons (Fsp3) is 0.500. The van der Waals surface area contributed by atoms with Crippen LogP contribution in [0.25, 0.3) is 11.0 Å². The molecule has 3 rings (SSSR count). The first kappa shape index (κ1) is 13.1. The van der Waals surface area contributed by atoms with E-state index in [1.54, 1.807) is 12.1 Å². The number of imidazole rings is 1. The van der Waals surface area contributed by atoms with E-state index in [0.717, 1.165) is 29.8 Å². The number of hydrogen-bond acceptors (Lipinski definition) is 4. The Labute approximate surface area is 117 Å². The number of likely N-dealkylation sites (tertiary alicyclic amines) is 1. The van der Waals surface area contributed by atoms with Crippen LogP contribution in [-0.4, -0.2) is 39.4 Å². The highest BCUT2D eigenvalue weighted by molar-refractivity contribution is 5.77. The van der Waals surface area contributed by atoms with Gasteiger partial charge in [0.05, 0.1) is 16.0 Å². The minimum Gasteiger partial charge on any atom is -0.342 e. The number of hydrogen-bond donors (Lipinski definition) is 1. The van der Waals surface area contributed by atoms with Crippen LogP contribution >= 0.6 is 0 Å². The van der Waals surface area contributed by atoms with Gasteiger partial charge in [-0.3, -0.25) is 10.1 Å². The molecule has 1 aliphatic rings. The third-order valence-electron chi connectivity index (χ3n) is 3.84. The summed E-state index contributed by atoms with van der Waals surface area (Å²) in [6.07, 6.45) is 4.77. The van der Waals surface area contributed by atoms with Gasteiger partial charge in [-0.1, -0.05) is 6.42 Å². The van der Waals surface area contributed by atoms with Gasteiger partial charge in [0.15, 0.2) is 0 Å². The lowest BCUT2D eigenvalue weighted by atomic mass is 10.1. The Morgan fingerprint density at radius 2 is 2.10 bits per heavy atom. The number of fused-ring (bicyclic) bond motifs is 1. The van der Waals surface area contributed by atoms with Gasteiger partial charge in [-0.2, -0.15) is 0 Å². The largest absolute Gasteiger partial charge is 0.342 e. The second-order valence-corrected chi connectivity index (χ2v) is 5.29. The number of H-pyrrole nitrogens is 1. The molecule has 0 radical (unpaired) electrons. The van der Waals surface area contributed by atoms with Crippen LogP contribution in [0.15, 0.2) is 18.2 Å². The number of benzene rings is 1. The number of piperidine rings is 1. The number of aromatic nitrogens is 2. The Morgan fingerprint density at radius 3 is 2.85 bits per heavy atom. The van der Waals surface area contributed by atoms with Gasteiger partial charge in [-0.05, 0) is 32.0 Å². The van der Waals surface area contributed by atoms with Gasteiger partial charge < -0.3 is 9.88 Å². The lowest BCUT2D eigenvalue weighted by Crippen LogP contribution is -2.31. The van der Waals surface area contributed by atoms with Crippen molar-refractivity contribution in [3.8, 4) is 0 Å². The average molecular weight is 274 g/mol. The summed E-state index contributed by atoms with van der Waals surface area (Å²) in [5.41, 5.74) is 1.64. The van der Waals surface area contributed by atoms with Crippen molar-refractivity contribution >= 4 is 16.7 Å². The molecule has 0 spiro atoms. The molecule has 0 atom stereocenters. The topological polar surface area (TPSA) is 75.1 Å². The van der Waals surface area contributed by atoms with Crippen molar-refractivity contribution in [3.63, 3.8) is 0 Å². The van der Waals surface area contributed by atoms with E-state index in [2.05, 4.69) is 14.9 Å². The smallest absolute Gasteiger partial charge is 0.271 e. The predicted molar refractivity (Wildman–Crippen MR) is 76.7 cm³/mol. The molecular weight excluding hydrogens is 256 g/mol. The first-order chi connectivity index (χ1) is 9.72. The Bertz CT molecular complexity index is 617. The van der Waals surface area contributed by atoms with Gasteiger partial charge in [-0.25, -0.2) is 4.98 Å². The van der Waals surface area contributed by atoms with Gasteiger partial charge in [0.25, 0.3) is 5.69 Å². The number of rotatable bonds is 4. The average Bonchev–Trinajstić information content (AvgIpc) is 2.88. The minimum absolute atomic E-state index is 0.101. The van der Waals surface area contributed by atoms with Crippen molar-refractivity contribution < 1.29 is 4.92 Å². The fourth-order valence-corrected chi connectivity index (χ4v) is 2.73. The van der Waals surface area contributed by atoms with E-state index in [1.807, 2.05) is 0 Å². The quantitative estimate of drug-likeness (QED) is 0.686. The zero-order chi connectivity index (χ0) is 13.9. The molecule has 1 aliphatic heterocycles. The molecule has 2 heterocycles. The summed E-state index contributed by atoms with van der Waals surface area (Å²) in [5.74, 6) is 0.908. The SMILES string of the molecule is O=[N+]([O-])c1ccc2nc(CCN3CCCCC3)[nH]c2c1. The molecule has 0 saturated carbocycles. The standard InChI is InChI=1S/C14H18N4O2/c19-18(20)11-4-5-12-13(10-11)16-14(15-12)6-9-17-7-2-1-3-8-17/h4-5,10H,1-3,6-9H2,(H,15,16). The van der Waals surface area contributed by atoms with Crippen LogP contribution < -0.4 is 0 Å². The second-order valence-electron chi connectivity index (χ2n) is 5.29. The molecule has 6 heteroatoms. The minimum atomic E-state index is -0.381. The highest BCUT2D eigenvalue weighted by atomic mass is 16.6. The van der Waals surface area contributed by atoms with Crippen molar-refractivity contribution in [2.75, 3.05) is 19.6 Å². The summed E-state index contributed by atoms with van der Waals surface area (Å²) in [5, 5.41) is 10.7. The predicted octanol–water partition coefficient (Wildman–Crippen LogP) is 2.50. The molecule has 106 valence electrons. The van der Waals surface area contributed by atoms with Gasteiger partial charge in [0, 0.05) is 25.1 Å². The maximum atomic E-state index is 10.7. The highest BCUT2D eigenvalue weighted by Gasteiger charge is 2.12. The first-order valence-electron chi connectivity index (χ1n) is 7.08. The highest BCUT2D eigenvalue weighted by Crippen LogP contribution is 2.19. The zero-order valence-electron chi connectivity index (χ0n) is 11.3. The van der Waals surface area contributed by atoms with E-state index in [1.165, 1.54) is 38.4 Å². The summed E-state index contributed by atoms with van der Waals surface area (Å²) in [6, 6.07) is 4.75. The molecule has 6 nitrogen and oxygen atoms in total. The Hall–Kier alpha value is -1.95. The van der Waals surface area contributed by atoms with E-state index in [9.17, 15) is 10.1 Å². The summed E-state index contributed by atoms with van der Waals surface area (Å²) < 4.78 is 0. The van der Waals surface area contributed by atoms with Gasteiger partial charge in [0.1, 0.15) is 5.82 Å². The number of non-ortho nitro benzene ring substituents is 1. The molecule has 2 aromatic rings. The Kier molecular flexibility index (Phi) is 3.64. The lowest BCUT2D eigenvalue weighted by molar-refractivity contribution is -0.384. The van der Waals surface area contributed by atoms with Crippen LogP contribution in [0.4, 0.5) is 5.69 Å². The molecule has 0 unspecified atom stereocenters. The third kappa shape index (κ3) is 2.80. The molecule has 1 aromatic carbocycles. The van der Waals surface area contributed by atoms with Gasteiger partial charge in [0.2, 0.25) is 0 Å². The normalized spacial score (nSPS) is 16.6. The van der Waals surface area contributed by atoms with Crippen LogP contribution in [0.1, 0.15) is 25.1 Å². The van der Waals surface area contributed by atoms with Crippen molar-refractivity contribution in [1.82, 2.24) is 14.9 Å². The number of nitro benzene ring substituents is 1. The first-order valence-corrected chi connectivity index (χ1v) is 7.08. The number of nitro groups is 1. The van der Waals surface area contributed by atoms with Crippen LogP contribution in [0.5, 0.6) is 0 Å². The van der Waals surface area contributed by atoms with Gasteiger partial charge >= 0.3 is 0 Å². The van der Waals surface area contributed by atoms with E-state index < -0.39 is 0 Å². The lowest BCUT2D eigenvalue weighted by Gasteiger charge is -2.25. The number of aromatic amines is 1. The van der Waals surface area contributed by atoms with E-state index in [-0.39, 0.29) is 10.6 Å². The molecule has 1 saturated heterocycles. The van der Waals surface area contributed by atoms with E-state index in [4.69, 9.17) is 0 Å². The van der Waals surface area contributed by atoms with Crippen molar-refractivity contribution in [2.45, 2.75) is 25.7 Å². The van der Waals surface area contributed by atoms with E-state index in [0.29, 0.717) is 0 Å². The zero-order valence-corrected chi connectivity index (χ0v) is 11.3. The fourth-order valence-electron chi connectivity index (χ4n) is 2.73. The summed E-state index contributed by atoms with van der Waals surface area (Å²) in [7, 11) is 0.